The first-order valence-corrected chi connectivity index (χ1v) is 31.6. The number of unbranched alkanes of at least 4 members (excludes halogenated alkanes) is 6. The van der Waals surface area contributed by atoms with Crippen LogP contribution in [0.4, 0.5) is 0 Å². The smallest absolute Gasteiger partial charge is 0.198 e. The molecule has 0 radical (unpaired) electrons. The van der Waals surface area contributed by atoms with Gasteiger partial charge in [0.1, 0.15) is 5.75 Å². The van der Waals surface area contributed by atoms with E-state index in [2.05, 4.69) is 183 Å². The Balaban J connectivity index is 0.906. The van der Waals surface area contributed by atoms with Crippen LogP contribution in [0.3, 0.4) is 0 Å². The molecule has 2 aromatic heterocycles. The number of para-hydroxylation sites is 2. The first-order valence-electron chi connectivity index (χ1n) is 31.6. The maximum Gasteiger partial charge on any atom is 0.198 e. The number of nitrogens with zero attached hydrogens (tertiary/aromatic N) is 6. The Kier molecular flexibility index (Phi) is 16.4. The van der Waals surface area contributed by atoms with Gasteiger partial charge in [0.2, 0.25) is 0 Å². The first-order chi connectivity index (χ1) is 41.1. The standard InChI is InChI=1S/C76H82N6O2/c1-7-10-11-12-13-14-21-28-68(69(83)53(4)5)84-63-41-37-58(38-42-63)72-78-77-71(81(72)61-24-17-15-18-25-61)57-35-33-55(34-36-57)59-39-43-64-65-44-40-60(73-80-79-70(56-31-29-54(6)30-32-56)82(73)62-26-19-16-20-27-62)52-67(65)76(66(64)51-59)74(45-8-2)47-22-49-75(76,46-9-3)50-23-48-74/h15-20,24-27,29-44,51-52,68H,4,7-14,21-23,28,45-50H2,1-3,5-6H3. The molecule has 2 bridgehead atoms. The Labute approximate surface area is 498 Å². The van der Waals surface area contributed by atoms with E-state index in [0.717, 1.165) is 82.6 Å². The van der Waals surface area contributed by atoms with E-state index in [-0.39, 0.29) is 22.0 Å². The van der Waals surface area contributed by atoms with Crippen molar-refractivity contribution in [3.8, 4) is 84.9 Å². The van der Waals surface area contributed by atoms with Gasteiger partial charge in [-0.15, -0.1) is 20.4 Å². The van der Waals surface area contributed by atoms with E-state index >= 15 is 0 Å². The molecule has 0 aliphatic heterocycles. The van der Waals surface area contributed by atoms with Crippen LogP contribution in [0.5, 0.6) is 5.75 Å². The number of hydrogen-bond donors (Lipinski definition) is 0. The number of aryl methyl sites for hydroxylation is 1. The van der Waals surface area contributed by atoms with E-state index in [1.165, 1.54) is 122 Å². The average Bonchev–Trinajstić information content (AvgIpc) is 1.40. The molecular weight excluding hydrogens is 1030 g/mol. The molecule has 8 heteroatoms. The molecule has 0 N–H and O–H groups in total. The number of ether oxygens (including phenoxy) is 1. The summed E-state index contributed by atoms with van der Waals surface area (Å²) < 4.78 is 10.9. The van der Waals surface area contributed by atoms with Crippen molar-refractivity contribution in [1.29, 1.82) is 0 Å². The van der Waals surface area contributed by atoms with E-state index in [0.29, 0.717) is 17.7 Å². The van der Waals surface area contributed by atoms with Crippen molar-refractivity contribution >= 4 is 5.78 Å². The third-order valence-corrected chi connectivity index (χ3v) is 19.4. The second kappa shape index (κ2) is 24.3. The predicted octanol–water partition coefficient (Wildman–Crippen LogP) is 19.7. The molecule has 12 rings (SSSR count). The Morgan fingerprint density at radius 1 is 0.500 bits per heavy atom. The highest BCUT2D eigenvalue weighted by atomic mass is 16.5. The van der Waals surface area contributed by atoms with E-state index in [1.807, 2.05) is 30.3 Å². The van der Waals surface area contributed by atoms with Crippen molar-refractivity contribution in [2.24, 2.45) is 10.8 Å². The fourth-order valence-corrected chi connectivity index (χ4v) is 15.8. The maximum atomic E-state index is 13.3. The summed E-state index contributed by atoms with van der Waals surface area (Å²) in [6.45, 7) is 15.0. The second-order valence-electron chi connectivity index (χ2n) is 24.7. The minimum Gasteiger partial charge on any atom is -0.482 e. The molecule has 428 valence electrons. The van der Waals surface area contributed by atoms with Crippen molar-refractivity contribution in [3.05, 3.63) is 199 Å². The lowest BCUT2D eigenvalue weighted by atomic mass is 9.36. The molecule has 2 heterocycles. The van der Waals surface area contributed by atoms with Gasteiger partial charge in [-0.2, -0.15) is 0 Å². The molecule has 0 amide bonds. The quantitative estimate of drug-likeness (QED) is 0.0468. The van der Waals surface area contributed by atoms with Crippen LogP contribution < -0.4 is 4.74 Å². The lowest BCUT2D eigenvalue weighted by Crippen LogP contribution is -2.62. The van der Waals surface area contributed by atoms with Gasteiger partial charge in [-0.25, -0.2) is 0 Å². The van der Waals surface area contributed by atoms with Gasteiger partial charge in [0.25, 0.3) is 0 Å². The molecule has 1 unspecified atom stereocenters. The Bertz CT molecular complexity index is 3720. The van der Waals surface area contributed by atoms with Gasteiger partial charge in [0.15, 0.2) is 35.2 Å². The highest BCUT2D eigenvalue weighted by molar-refractivity contribution is 5.98. The number of benzene rings is 7. The minimum absolute atomic E-state index is 0.0350. The van der Waals surface area contributed by atoms with Gasteiger partial charge in [0.05, 0.1) is 0 Å². The van der Waals surface area contributed by atoms with Crippen molar-refractivity contribution in [2.75, 3.05) is 0 Å². The van der Waals surface area contributed by atoms with Crippen molar-refractivity contribution in [3.63, 3.8) is 0 Å². The SMILES string of the molecule is C=C(C)C(=O)C(CCCCCCCCC)Oc1ccc(-c2nnc(-c3ccc(-c4ccc5c(c4)C4(c6cc(-c7nnc(-c8ccc(C)cc8)n7-c7ccccc7)ccc6-5)C5(CCC)CCCC4(CCC)CCC5)cc3)n2-c2ccccc2)cc1. The zero-order chi connectivity index (χ0) is 57.8. The summed E-state index contributed by atoms with van der Waals surface area (Å²) in [5.74, 6) is 3.82. The molecule has 2 saturated carbocycles. The molecule has 2 fully saturated rings. The molecule has 9 aromatic rings. The van der Waals surface area contributed by atoms with Crippen LogP contribution in [0.15, 0.2) is 182 Å². The number of rotatable bonds is 23. The average molecular weight is 1110 g/mol. The molecule has 1 spiro atoms. The molecule has 3 aliphatic rings. The van der Waals surface area contributed by atoms with Gasteiger partial charge in [-0.1, -0.05) is 206 Å². The van der Waals surface area contributed by atoms with E-state index in [9.17, 15) is 4.79 Å². The number of Topliss-reactive ketones (excluding diaryl/α,β-unsaturated/α-hetero) is 1. The number of ketones is 1. The molecule has 1 atom stereocenters. The lowest BCUT2D eigenvalue weighted by Gasteiger charge is -2.67. The van der Waals surface area contributed by atoms with Crippen LogP contribution in [0.2, 0.25) is 0 Å². The van der Waals surface area contributed by atoms with Crippen molar-refractivity contribution < 1.29 is 9.53 Å². The number of aromatic nitrogens is 6. The summed E-state index contributed by atoms with van der Waals surface area (Å²) in [5.41, 5.74) is 16.1. The summed E-state index contributed by atoms with van der Waals surface area (Å²) in [4.78, 5) is 13.3. The van der Waals surface area contributed by atoms with Crippen LogP contribution in [-0.4, -0.2) is 41.4 Å². The highest BCUT2D eigenvalue weighted by Crippen LogP contribution is 2.76. The van der Waals surface area contributed by atoms with Crippen LogP contribution in [0, 0.1) is 17.8 Å². The fourth-order valence-electron chi connectivity index (χ4n) is 15.8. The Morgan fingerprint density at radius 3 is 1.40 bits per heavy atom. The largest absolute Gasteiger partial charge is 0.482 e. The second-order valence-corrected chi connectivity index (χ2v) is 24.7. The summed E-state index contributed by atoms with van der Waals surface area (Å²) in [6, 6.07) is 61.4. The van der Waals surface area contributed by atoms with Crippen LogP contribution in [-0.2, 0) is 10.2 Å². The molecular formula is C76H82N6O2. The van der Waals surface area contributed by atoms with Gasteiger partial charge in [-0.3, -0.25) is 13.9 Å². The van der Waals surface area contributed by atoms with E-state index in [4.69, 9.17) is 25.1 Å². The molecule has 7 aromatic carbocycles. The molecule has 0 saturated heterocycles. The van der Waals surface area contributed by atoms with Gasteiger partial charge in [0, 0.05) is 39.0 Å². The van der Waals surface area contributed by atoms with Crippen molar-refractivity contribution in [2.45, 2.75) is 162 Å². The normalized spacial score (nSPS) is 19.0. The summed E-state index contributed by atoms with van der Waals surface area (Å²) >= 11 is 0. The van der Waals surface area contributed by atoms with E-state index < -0.39 is 6.10 Å². The number of hydrogen-bond acceptors (Lipinski definition) is 6. The van der Waals surface area contributed by atoms with Gasteiger partial charge >= 0.3 is 0 Å². The van der Waals surface area contributed by atoms with Crippen molar-refractivity contribution in [1.82, 2.24) is 29.5 Å². The third-order valence-electron chi connectivity index (χ3n) is 19.4. The number of fused-ring (bicyclic) bond motifs is 3. The van der Waals surface area contributed by atoms with E-state index in [1.54, 1.807) is 6.92 Å². The zero-order valence-corrected chi connectivity index (χ0v) is 50.2. The first kappa shape index (κ1) is 56.5. The predicted molar refractivity (Wildman–Crippen MR) is 344 cm³/mol. The summed E-state index contributed by atoms with van der Waals surface area (Å²) in [6.07, 6.45) is 20.6. The Hall–Kier alpha value is -7.97. The highest BCUT2D eigenvalue weighted by Gasteiger charge is 2.69. The monoisotopic (exact) mass is 1110 g/mol. The third kappa shape index (κ3) is 10.2. The van der Waals surface area contributed by atoms with Crippen LogP contribution >= 0.6 is 0 Å². The molecule has 8 nitrogen and oxygen atoms in total. The number of carbonyl (C=O) groups excluding carboxylic acids is 1. The molecule has 3 aliphatic carbocycles. The Morgan fingerprint density at radius 2 is 0.917 bits per heavy atom. The zero-order valence-electron chi connectivity index (χ0n) is 50.2. The summed E-state index contributed by atoms with van der Waals surface area (Å²) in [5, 5.41) is 19.9. The molecule has 84 heavy (non-hydrogen) atoms. The lowest BCUT2D eigenvalue weighted by molar-refractivity contribution is -0.122. The van der Waals surface area contributed by atoms with Crippen LogP contribution in [0.1, 0.15) is 160 Å². The van der Waals surface area contributed by atoms with Crippen LogP contribution in [0.25, 0.3) is 79.2 Å². The van der Waals surface area contributed by atoms with Gasteiger partial charge in [-0.05, 0) is 176 Å². The minimum atomic E-state index is -0.559. The summed E-state index contributed by atoms with van der Waals surface area (Å²) in [7, 11) is 0. The van der Waals surface area contributed by atoms with Gasteiger partial charge < -0.3 is 4.74 Å². The maximum absolute atomic E-state index is 13.3. The topological polar surface area (TPSA) is 87.7 Å². The number of carbonyl (C=O) groups is 1. The fraction of sp³-hybridized carbons (Fsp3) is 0.355.